The summed E-state index contributed by atoms with van der Waals surface area (Å²) < 4.78 is 10.8. The maximum atomic E-state index is 5.23. The first-order valence-electron chi connectivity index (χ1n) is 5.27. The molecule has 0 fully saturated rings. The van der Waals surface area contributed by atoms with Crippen LogP contribution in [-0.2, 0) is 0 Å². The Bertz CT molecular complexity index is 616. The summed E-state index contributed by atoms with van der Waals surface area (Å²) >= 11 is 4.87. The van der Waals surface area contributed by atoms with Crippen molar-refractivity contribution in [2.45, 2.75) is 0 Å². The number of nitrogens with zero attached hydrogens (tertiary/aromatic N) is 1. The molecule has 5 nitrogen and oxygen atoms in total. The fraction of sp³-hybridized carbons (Fsp3) is 0.167. The average molecular weight is 263 g/mol. The van der Waals surface area contributed by atoms with Gasteiger partial charge in [-0.1, -0.05) is 12.1 Å². The van der Waals surface area contributed by atoms with Crippen LogP contribution in [-0.4, -0.2) is 29.4 Å². The number of methoxy groups -OCH3 is 2. The Morgan fingerprint density at radius 3 is 2.50 bits per heavy atom. The molecule has 0 saturated heterocycles. The van der Waals surface area contributed by atoms with Gasteiger partial charge in [0.2, 0.25) is 4.77 Å². The minimum atomic E-state index is 0.432. The van der Waals surface area contributed by atoms with E-state index in [4.69, 9.17) is 21.7 Å². The molecular formula is C12H13N3O2S. The predicted octanol–water partition coefficient (Wildman–Crippen LogP) is 2.65. The largest absolute Gasteiger partial charge is 0.493 e. The summed E-state index contributed by atoms with van der Waals surface area (Å²) in [7, 11) is 3.22. The minimum Gasteiger partial charge on any atom is -0.493 e. The molecule has 1 aromatic carbocycles. The first kappa shape index (κ1) is 12.4. The average Bonchev–Trinajstić information content (AvgIpc) is 2.81. The van der Waals surface area contributed by atoms with Gasteiger partial charge in [0.1, 0.15) is 5.82 Å². The molecule has 0 radical (unpaired) electrons. The van der Waals surface area contributed by atoms with Crippen LogP contribution in [0.2, 0.25) is 0 Å². The fourth-order valence-electron chi connectivity index (χ4n) is 1.49. The SMILES string of the molecule is COc1ccc(C=Cc2nc(=S)[nH][nH]2)cc1OC. The second-order valence-corrected chi connectivity index (χ2v) is 3.89. The van der Waals surface area contributed by atoms with Gasteiger partial charge < -0.3 is 9.47 Å². The molecule has 0 unspecified atom stereocenters. The van der Waals surface area contributed by atoms with Crippen molar-refractivity contribution >= 4 is 24.4 Å². The van der Waals surface area contributed by atoms with E-state index in [0.717, 1.165) is 5.56 Å². The molecule has 1 heterocycles. The van der Waals surface area contributed by atoms with Gasteiger partial charge in [0.05, 0.1) is 14.2 Å². The molecule has 0 aliphatic carbocycles. The van der Waals surface area contributed by atoms with Gasteiger partial charge in [-0.05, 0) is 36.0 Å². The fourth-order valence-corrected chi connectivity index (χ4v) is 1.64. The van der Waals surface area contributed by atoms with E-state index in [0.29, 0.717) is 22.1 Å². The zero-order chi connectivity index (χ0) is 13.0. The standard InChI is InChI=1S/C12H13N3O2S/c1-16-9-5-3-8(7-10(9)17-2)4-6-11-13-12(18)15-14-11/h3-7H,1-2H3,(H2,13,14,15,18). The minimum absolute atomic E-state index is 0.432. The molecule has 2 aromatic rings. The van der Waals surface area contributed by atoms with E-state index in [2.05, 4.69) is 15.2 Å². The van der Waals surface area contributed by atoms with Crippen molar-refractivity contribution in [3.8, 4) is 11.5 Å². The molecule has 0 amide bonds. The highest BCUT2D eigenvalue weighted by atomic mass is 32.1. The highest BCUT2D eigenvalue weighted by molar-refractivity contribution is 7.71. The quantitative estimate of drug-likeness (QED) is 0.832. The number of hydrogen-bond donors (Lipinski definition) is 2. The van der Waals surface area contributed by atoms with Crippen molar-refractivity contribution < 1.29 is 9.47 Å². The molecule has 0 aliphatic heterocycles. The van der Waals surface area contributed by atoms with Crippen molar-refractivity contribution in [2.75, 3.05) is 14.2 Å². The smallest absolute Gasteiger partial charge is 0.213 e. The van der Waals surface area contributed by atoms with Gasteiger partial charge in [0, 0.05) is 0 Å². The van der Waals surface area contributed by atoms with Gasteiger partial charge in [-0.2, -0.15) is 0 Å². The molecule has 0 saturated carbocycles. The van der Waals surface area contributed by atoms with Crippen molar-refractivity contribution in [3.63, 3.8) is 0 Å². The predicted molar refractivity (Wildman–Crippen MR) is 72.2 cm³/mol. The molecule has 1 aromatic heterocycles. The van der Waals surface area contributed by atoms with E-state index >= 15 is 0 Å². The molecule has 6 heteroatoms. The number of hydrogen-bond acceptors (Lipinski definition) is 4. The van der Waals surface area contributed by atoms with Crippen LogP contribution in [0.15, 0.2) is 18.2 Å². The van der Waals surface area contributed by atoms with E-state index in [1.165, 1.54) is 0 Å². The highest BCUT2D eigenvalue weighted by Gasteiger charge is 2.02. The number of aromatic amines is 2. The summed E-state index contributed by atoms with van der Waals surface area (Å²) in [4.78, 5) is 4.06. The Morgan fingerprint density at radius 2 is 1.89 bits per heavy atom. The summed E-state index contributed by atoms with van der Waals surface area (Å²) in [5, 5.41) is 5.57. The number of ether oxygens (including phenoxy) is 2. The molecule has 18 heavy (non-hydrogen) atoms. The Morgan fingerprint density at radius 1 is 1.11 bits per heavy atom. The van der Waals surface area contributed by atoms with Gasteiger partial charge in [-0.25, -0.2) is 4.98 Å². The van der Waals surface area contributed by atoms with Gasteiger partial charge in [0.15, 0.2) is 11.5 Å². The summed E-state index contributed by atoms with van der Waals surface area (Å²) in [6.07, 6.45) is 3.73. The molecule has 0 atom stereocenters. The lowest BCUT2D eigenvalue weighted by molar-refractivity contribution is 0.355. The number of H-pyrrole nitrogens is 2. The van der Waals surface area contributed by atoms with Crippen LogP contribution >= 0.6 is 12.2 Å². The van der Waals surface area contributed by atoms with Crippen molar-refractivity contribution in [2.24, 2.45) is 0 Å². The van der Waals surface area contributed by atoms with Gasteiger partial charge in [-0.15, -0.1) is 0 Å². The molecule has 0 aliphatic rings. The summed E-state index contributed by atoms with van der Waals surface area (Å²) in [6, 6.07) is 5.67. The van der Waals surface area contributed by atoms with Crippen LogP contribution in [0.3, 0.4) is 0 Å². The monoisotopic (exact) mass is 263 g/mol. The lowest BCUT2D eigenvalue weighted by atomic mass is 10.2. The molecule has 2 N–H and O–H groups in total. The van der Waals surface area contributed by atoms with Gasteiger partial charge in [-0.3, -0.25) is 10.2 Å². The van der Waals surface area contributed by atoms with Crippen LogP contribution in [0.5, 0.6) is 11.5 Å². The van der Waals surface area contributed by atoms with E-state index < -0.39 is 0 Å². The van der Waals surface area contributed by atoms with Crippen molar-refractivity contribution in [1.29, 1.82) is 0 Å². The third-order valence-corrected chi connectivity index (χ3v) is 2.55. The van der Waals surface area contributed by atoms with Crippen LogP contribution in [0.25, 0.3) is 12.2 Å². The van der Waals surface area contributed by atoms with Gasteiger partial charge >= 0.3 is 0 Å². The molecule has 94 valence electrons. The molecular weight excluding hydrogens is 250 g/mol. The molecule has 0 bridgehead atoms. The molecule has 2 rings (SSSR count). The van der Waals surface area contributed by atoms with Crippen LogP contribution in [0, 0.1) is 4.77 Å². The molecule has 0 spiro atoms. The van der Waals surface area contributed by atoms with Crippen molar-refractivity contribution in [1.82, 2.24) is 15.2 Å². The Kier molecular flexibility index (Phi) is 3.78. The third-order valence-electron chi connectivity index (χ3n) is 2.36. The topological polar surface area (TPSA) is 62.9 Å². The van der Waals surface area contributed by atoms with Gasteiger partial charge in [0.25, 0.3) is 0 Å². The second-order valence-electron chi connectivity index (χ2n) is 3.50. The van der Waals surface area contributed by atoms with E-state index in [1.54, 1.807) is 14.2 Å². The zero-order valence-corrected chi connectivity index (χ0v) is 10.9. The lowest BCUT2D eigenvalue weighted by Gasteiger charge is -2.07. The number of rotatable bonds is 4. The number of aromatic nitrogens is 3. The Labute approximate surface area is 109 Å². The number of benzene rings is 1. The summed E-state index contributed by atoms with van der Waals surface area (Å²) in [5.41, 5.74) is 0.981. The second kappa shape index (κ2) is 5.50. The maximum absolute atomic E-state index is 5.23. The summed E-state index contributed by atoms with van der Waals surface area (Å²) in [6.45, 7) is 0. The van der Waals surface area contributed by atoms with Crippen LogP contribution in [0.1, 0.15) is 11.4 Å². The highest BCUT2D eigenvalue weighted by Crippen LogP contribution is 2.28. The number of nitrogens with one attached hydrogen (secondary N) is 2. The summed E-state index contributed by atoms with van der Waals surface area (Å²) in [5.74, 6) is 2.07. The van der Waals surface area contributed by atoms with E-state index in [9.17, 15) is 0 Å². The first-order chi connectivity index (χ1) is 8.72. The lowest BCUT2D eigenvalue weighted by Crippen LogP contribution is -1.90. The maximum Gasteiger partial charge on any atom is 0.213 e. The van der Waals surface area contributed by atoms with Crippen LogP contribution < -0.4 is 9.47 Å². The Balaban J connectivity index is 2.24. The normalized spacial score (nSPS) is 10.8. The van der Waals surface area contributed by atoms with Crippen molar-refractivity contribution in [3.05, 3.63) is 34.4 Å². The third kappa shape index (κ3) is 2.78. The van der Waals surface area contributed by atoms with E-state index in [1.807, 2.05) is 30.4 Å². The Hall–Kier alpha value is -2.08. The zero-order valence-electron chi connectivity index (χ0n) is 10.1. The van der Waals surface area contributed by atoms with E-state index in [-0.39, 0.29) is 0 Å². The first-order valence-corrected chi connectivity index (χ1v) is 5.68. The van der Waals surface area contributed by atoms with Crippen LogP contribution in [0.4, 0.5) is 0 Å².